The van der Waals surface area contributed by atoms with Crippen LogP contribution in [0.2, 0.25) is 0 Å². The minimum atomic E-state index is -0.536. The normalized spacial score (nSPS) is 11.1. The molecular weight excluding hydrogens is 367 g/mol. The zero-order valence-electron chi connectivity index (χ0n) is 15.7. The third-order valence-electron chi connectivity index (χ3n) is 4.46. The zero-order valence-corrected chi connectivity index (χ0v) is 15.7. The van der Waals surface area contributed by atoms with Gasteiger partial charge in [0.25, 0.3) is 5.56 Å². The number of fused-ring (bicyclic) bond motifs is 1. The topological polar surface area (TPSA) is 99.0 Å². The van der Waals surface area contributed by atoms with Crippen molar-refractivity contribution in [3.63, 3.8) is 0 Å². The average Bonchev–Trinajstić information content (AvgIpc) is 2.98. The Morgan fingerprint density at radius 1 is 1.25 bits per heavy atom. The SMILES string of the molecule is CCCCn1c(=O)[nH]c(=O)c2c1nc(COC(=O)Cc1ccc(F)cc1)n2C. The summed E-state index contributed by atoms with van der Waals surface area (Å²) in [5.41, 5.74) is 0.103. The number of hydrogen-bond acceptors (Lipinski definition) is 5. The summed E-state index contributed by atoms with van der Waals surface area (Å²) in [6.45, 7) is 2.29. The number of esters is 1. The predicted molar refractivity (Wildman–Crippen MR) is 100 cm³/mol. The number of carbonyl (C=O) groups excluding carboxylic acids is 1. The number of halogens is 1. The van der Waals surface area contributed by atoms with Gasteiger partial charge in [0.15, 0.2) is 11.2 Å². The highest BCUT2D eigenvalue weighted by atomic mass is 19.1. The number of aromatic amines is 1. The third-order valence-corrected chi connectivity index (χ3v) is 4.46. The van der Waals surface area contributed by atoms with Gasteiger partial charge in [-0.1, -0.05) is 25.5 Å². The molecule has 0 spiro atoms. The third kappa shape index (κ3) is 4.03. The van der Waals surface area contributed by atoms with Gasteiger partial charge in [-0.3, -0.25) is 19.1 Å². The number of H-pyrrole nitrogens is 1. The Morgan fingerprint density at radius 3 is 2.64 bits per heavy atom. The molecule has 0 bridgehead atoms. The molecular formula is C19H21FN4O4. The second-order valence-corrected chi connectivity index (χ2v) is 6.49. The Kier molecular flexibility index (Phi) is 5.72. The van der Waals surface area contributed by atoms with E-state index in [2.05, 4.69) is 9.97 Å². The van der Waals surface area contributed by atoms with Crippen molar-refractivity contribution in [1.82, 2.24) is 19.1 Å². The van der Waals surface area contributed by atoms with Gasteiger partial charge in [0, 0.05) is 13.6 Å². The highest BCUT2D eigenvalue weighted by Gasteiger charge is 2.17. The van der Waals surface area contributed by atoms with Crippen molar-refractivity contribution in [2.24, 2.45) is 7.05 Å². The summed E-state index contributed by atoms with van der Waals surface area (Å²) in [4.78, 5) is 43.0. The number of aromatic nitrogens is 4. The van der Waals surface area contributed by atoms with Crippen molar-refractivity contribution < 1.29 is 13.9 Å². The molecule has 0 saturated carbocycles. The number of aryl methyl sites for hydroxylation is 2. The molecule has 1 aromatic carbocycles. The number of ether oxygens (including phenoxy) is 1. The lowest BCUT2D eigenvalue weighted by Crippen LogP contribution is -2.31. The fourth-order valence-corrected chi connectivity index (χ4v) is 2.91. The van der Waals surface area contributed by atoms with Crippen LogP contribution in [0.3, 0.4) is 0 Å². The van der Waals surface area contributed by atoms with Gasteiger partial charge in [-0.25, -0.2) is 14.2 Å². The van der Waals surface area contributed by atoms with E-state index in [9.17, 15) is 18.8 Å². The smallest absolute Gasteiger partial charge is 0.330 e. The Balaban J connectivity index is 1.81. The molecule has 3 rings (SSSR count). The van der Waals surface area contributed by atoms with E-state index in [1.165, 1.54) is 33.4 Å². The summed E-state index contributed by atoms with van der Waals surface area (Å²) in [6, 6.07) is 5.57. The lowest BCUT2D eigenvalue weighted by molar-refractivity contribution is -0.144. The van der Waals surface area contributed by atoms with E-state index in [1.54, 1.807) is 7.05 Å². The number of hydrogen-bond donors (Lipinski definition) is 1. The summed E-state index contributed by atoms with van der Waals surface area (Å²) >= 11 is 0. The largest absolute Gasteiger partial charge is 0.457 e. The van der Waals surface area contributed by atoms with Crippen LogP contribution in [-0.2, 0) is 36.2 Å². The van der Waals surface area contributed by atoms with Gasteiger partial charge in [0.2, 0.25) is 0 Å². The van der Waals surface area contributed by atoms with Crippen LogP contribution < -0.4 is 11.2 Å². The number of carbonyl (C=O) groups is 1. The molecule has 8 nitrogen and oxygen atoms in total. The van der Waals surface area contributed by atoms with E-state index >= 15 is 0 Å². The minimum absolute atomic E-state index is 0.00792. The standard InChI is InChI=1S/C19H21FN4O4/c1-3-4-9-24-17-16(18(26)22-19(24)27)23(2)14(21-17)11-28-15(25)10-12-5-7-13(20)8-6-12/h5-8H,3-4,9-11H2,1-2H3,(H,22,26,27). The number of rotatable bonds is 7. The number of benzene rings is 1. The van der Waals surface area contributed by atoms with Crippen LogP contribution in [0.5, 0.6) is 0 Å². The molecule has 2 heterocycles. The molecule has 0 radical (unpaired) electrons. The maximum atomic E-state index is 12.9. The molecule has 0 amide bonds. The highest BCUT2D eigenvalue weighted by molar-refractivity contribution is 5.73. The van der Waals surface area contributed by atoms with Gasteiger partial charge in [-0.05, 0) is 24.1 Å². The molecule has 0 aliphatic heterocycles. The van der Waals surface area contributed by atoms with Crippen LogP contribution in [0.25, 0.3) is 11.2 Å². The monoisotopic (exact) mass is 388 g/mol. The second kappa shape index (κ2) is 8.20. The average molecular weight is 388 g/mol. The van der Waals surface area contributed by atoms with Gasteiger partial charge in [0.05, 0.1) is 6.42 Å². The Hall–Kier alpha value is -3.23. The van der Waals surface area contributed by atoms with Gasteiger partial charge < -0.3 is 9.30 Å². The van der Waals surface area contributed by atoms with E-state index in [0.29, 0.717) is 17.9 Å². The first-order chi connectivity index (χ1) is 13.4. The van der Waals surface area contributed by atoms with E-state index in [4.69, 9.17) is 4.74 Å². The maximum absolute atomic E-state index is 12.9. The van der Waals surface area contributed by atoms with Crippen molar-refractivity contribution in [1.29, 1.82) is 0 Å². The van der Waals surface area contributed by atoms with Gasteiger partial charge in [0.1, 0.15) is 18.2 Å². The molecule has 9 heteroatoms. The Labute approximate surface area is 159 Å². The molecule has 2 aromatic heterocycles. The highest BCUT2D eigenvalue weighted by Crippen LogP contribution is 2.12. The van der Waals surface area contributed by atoms with Crippen LogP contribution in [-0.4, -0.2) is 25.1 Å². The van der Waals surface area contributed by atoms with Crippen LogP contribution in [0, 0.1) is 5.82 Å². The van der Waals surface area contributed by atoms with Crippen molar-refractivity contribution in [3.05, 3.63) is 62.3 Å². The summed E-state index contributed by atoms with van der Waals surface area (Å²) < 4.78 is 21.1. The molecule has 0 fully saturated rings. The summed E-state index contributed by atoms with van der Waals surface area (Å²) in [7, 11) is 1.63. The summed E-state index contributed by atoms with van der Waals surface area (Å²) in [5.74, 6) is -0.532. The molecule has 0 saturated heterocycles. The van der Waals surface area contributed by atoms with E-state index in [0.717, 1.165) is 12.8 Å². The van der Waals surface area contributed by atoms with Crippen molar-refractivity contribution >= 4 is 17.1 Å². The molecule has 1 N–H and O–H groups in total. The molecule has 0 aliphatic carbocycles. The minimum Gasteiger partial charge on any atom is -0.457 e. The Bertz CT molecular complexity index is 1110. The van der Waals surface area contributed by atoms with E-state index in [-0.39, 0.29) is 30.0 Å². The van der Waals surface area contributed by atoms with Gasteiger partial charge in [-0.2, -0.15) is 0 Å². The fourth-order valence-electron chi connectivity index (χ4n) is 2.91. The lowest BCUT2D eigenvalue weighted by atomic mass is 10.1. The van der Waals surface area contributed by atoms with E-state index < -0.39 is 17.2 Å². The van der Waals surface area contributed by atoms with Gasteiger partial charge in [-0.15, -0.1) is 0 Å². The van der Waals surface area contributed by atoms with E-state index in [1.807, 2.05) is 6.92 Å². The number of nitrogens with zero attached hydrogens (tertiary/aromatic N) is 3. The molecule has 0 atom stereocenters. The quantitative estimate of drug-likeness (QED) is 0.621. The Morgan fingerprint density at radius 2 is 1.96 bits per heavy atom. The van der Waals surface area contributed by atoms with Crippen molar-refractivity contribution in [2.75, 3.05) is 0 Å². The maximum Gasteiger partial charge on any atom is 0.330 e. The first-order valence-electron chi connectivity index (χ1n) is 8.99. The first-order valence-corrected chi connectivity index (χ1v) is 8.99. The number of unbranched alkanes of at least 4 members (excludes halogenated alkanes) is 1. The number of nitrogens with one attached hydrogen (secondary N) is 1. The van der Waals surface area contributed by atoms with Crippen LogP contribution in [0.15, 0.2) is 33.9 Å². The van der Waals surface area contributed by atoms with Crippen LogP contribution in [0.1, 0.15) is 31.2 Å². The fraction of sp³-hybridized carbons (Fsp3) is 0.368. The number of imidazole rings is 1. The molecule has 28 heavy (non-hydrogen) atoms. The summed E-state index contributed by atoms with van der Waals surface area (Å²) in [5, 5.41) is 0. The predicted octanol–water partition coefficient (Wildman–Crippen LogP) is 1.65. The summed E-state index contributed by atoms with van der Waals surface area (Å²) in [6.07, 6.45) is 1.64. The van der Waals surface area contributed by atoms with Crippen LogP contribution in [0.4, 0.5) is 4.39 Å². The molecule has 3 aromatic rings. The zero-order chi connectivity index (χ0) is 20.3. The van der Waals surface area contributed by atoms with Crippen molar-refractivity contribution in [2.45, 2.75) is 39.3 Å². The van der Waals surface area contributed by atoms with Gasteiger partial charge >= 0.3 is 11.7 Å². The first kappa shape index (κ1) is 19.5. The van der Waals surface area contributed by atoms with Crippen LogP contribution >= 0.6 is 0 Å². The lowest BCUT2D eigenvalue weighted by Gasteiger charge is -2.05. The molecule has 0 unspecified atom stereocenters. The second-order valence-electron chi connectivity index (χ2n) is 6.49. The van der Waals surface area contributed by atoms with Crippen molar-refractivity contribution in [3.8, 4) is 0 Å². The molecule has 148 valence electrons. The molecule has 0 aliphatic rings.